The fourth-order valence-electron chi connectivity index (χ4n) is 3.35. The zero-order valence-electron chi connectivity index (χ0n) is 16.1. The van der Waals surface area contributed by atoms with Crippen LogP contribution in [-0.4, -0.2) is 20.2 Å². The number of hydrogen-bond donors (Lipinski definition) is 1. The quantitative estimate of drug-likeness (QED) is 0.647. The number of amides is 2. The number of anilines is 2. The maximum atomic E-state index is 13.0. The topological polar surface area (TPSA) is 83.6 Å². The van der Waals surface area contributed by atoms with Crippen LogP contribution in [-0.2, 0) is 10.0 Å². The lowest BCUT2D eigenvalue weighted by atomic mass is 10.1. The molecule has 8 heteroatoms. The second kappa shape index (κ2) is 7.27. The monoisotopic (exact) mass is 440 g/mol. The van der Waals surface area contributed by atoms with Crippen molar-refractivity contribution in [1.29, 1.82) is 0 Å². The van der Waals surface area contributed by atoms with Crippen molar-refractivity contribution in [3.8, 4) is 0 Å². The second-order valence-electron chi connectivity index (χ2n) is 7.03. The number of hydrogen-bond acceptors (Lipinski definition) is 4. The van der Waals surface area contributed by atoms with Gasteiger partial charge in [-0.05, 0) is 67.9 Å². The molecule has 0 aromatic heterocycles. The maximum absolute atomic E-state index is 13.0. The number of nitrogens with one attached hydrogen (secondary N) is 1. The molecule has 1 N–H and O–H groups in total. The molecule has 0 unspecified atom stereocenters. The first-order chi connectivity index (χ1) is 14.2. The lowest BCUT2D eigenvalue weighted by Crippen LogP contribution is -2.29. The number of nitrogens with zero attached hydrogens (tertiary/aromatic N) is 1. The predicted octanol–water partition coefficient (Wildman–Crippen LogP) is 4.56. The number of fused-ring (bicyclic) bond motifs is 1. The van der Waals surface area contributed by atoms with Crippen LogP contribution in [0.15, 0.2) is 65.6 Å². The summed E-state index contributed by atoms with van der Waals surface area (Å²) in [6.07, 6.45) is 0. The molecule has 3 aromatic carbocycles. The molecule has 0 bridgehead atoms. The summed E-state index contributed by atoms with van der Waals surface area (Å²) in [6, 6.07) is 15.6. The molecule has 152 valence electrons. The highest BCUT2D eigenvalue weighted by molar-refractivity contribution is 7.94. The average Bonchev–Trinajstić information content (AvgIpc) is 2.90. The van der Waals surface area contributed by atoms with Crippen LogP contribution >= 0.6 is 11.6 Å². The van der Waals surface area contributed by atoms with Gasteiger partial charge in [0.25, 0.3) is 21.8 Å². The van der Waals surface area contributed by atoms with Crippen LogP contribution < -0.4 is 9.62 Å². The van der Waals surface area contributed by atoms with Crippen LogP contribution in [0.3, 0.4) is 0 Å². The Balaban J connectivity index is 1.69. The van der Waals surface area contributed by atoms with E-state index in [2.05, 4.69) is 5.32 Å². The van der Waals surface area contributed by atoms with E-state index in [9.17, 15) is 18.0 Å². The van der Waals surface area contributed by atoms with Gasteiger partial charge in [0, 0.05) is 16.3 Å². The van der Waals surface area contributed by atoms with Gasteiger partial charge in [-0.1, -0.05) is 29.3 Å². The third-order valence-electron chi connectivity index (χ3n) is 4.87. The van der Waals surface area contributed by atoms with Gasteiger partial charge in [0.1, 0.15) is 4.90 Å². The van der Waals surface area contributed by atoms with Gasteiger partial charge in [0.15, 0.2) is 0 Å². The van der Waals surface area contributed by atoms with Crippen LogP contribution in [0.1, 0.15) is 31.8 Å². The van der Waals surface area contributed by atoms with Gasteiger partial charge >= 0.3 is 0 Å². The Morgan fingerprint density at radius 2 is 1.67 bits per heavy atom. The van der Waals surface area contributed by atoms with E-state index in [4.69, 9.17) is 11.6 Å². The Morgan fingerprint density at radius 3 is 2.33 bits per heavy atom. The van der Waals surface area contributed by atoms with Crippen LogP contribution in [0.25, 0.3) is 0 Å². The zero-order valence-corrected chi connectivity index (χ0v) is 17.7. The second-order valence-corrected chi connectivity index (χ2v) is 9.23. The molecule has 0 fully saturated rings. The van der Waals surface area contributed by atoms with E-state index in [0.717, 1.165) is 15.4 Å². The first-order valence-corrected chi connectivity index (χ1v) is 10.9. The van der Waals surface area contributed by atoms with Crippen molar-refractivity contribution in [1.82, 2.24) is 0 Å². The molecular weight excluding hydrogens is 424 g/mol. The molecule has 0 atom stereocenters. The fraction of sp³-hybridized carbons (Fsp3) is 0.0909. The number of halogens is 1. The SMILES string of the molecule is Cc1ccc(NC(=O)c2ccc3c(c2)S(=O)(=O)N(c2ccc(Cl)cc2)C3=O)c(C)c1. The van der Waals surface area contributed by atoms with Crippen molar-refractivity contribution < 1.29 is 18.0 Å². The number of carbonyl (C=O) groups excluding carboxylic acids is 2. The van der Waals surface area contributed by atoms with Gasteiger partial charge in [0.05, 0.1) is 11.3 Å². The minimum Gasteiger partial charge on any atom is -0.322 e. The van der Waals surface area contributed by atoms with Crippen molar-refractivity contribution >= 4 is 44.8 Å². The van der Waals surface area contributed by atoms with Gasteiger partial charge in [-0.15, -0.1) is 0 Å². The zero-order chi connectivity index (χ0) is 21.6. The molecule has 0 spiro atoms. The highest BCUT2D eigenvalue weighted by Crippen LogP contribution is 2.35. The molecule has 1 aliphatic rings. The summed E-state index contributed by atoms with van der Waals surface area (Å²) < 4.78 is 26.8. The van der Waals surface area contributed by atoms with E-state index in [0.29, 0.717) is 10.7 Å². The summed E-state index contributed by atoms with van der Waals surface area (Å²) in [5.74, 6) is -1.13. The number of carbonyl (C=O) groups is 2. The van der Waals surface area contributed by atoms with Gasteiger partial charge < -0.3 is 5.32 Å². The first kappa shape index (κ1) is 20.1. The van der Waals surface area contributed by atoms with Crippen LogP contribution in [0, 0.1) is 13.8 Å². The van der Waals surface area contributed by atoms with Crippen LogP contribution in [0.4, 0.5) is 11.4 Å². The number of benzene rings is 3. The molecular formula is C22H17ClN2O4S. The van der Waals surface area contributed by atoms with Crippen molar-refractivity contribution in [2.45, 2.75) is 18.7 Å². The van der Waals surface area contributed by atoms with E-state index in [-0.39, 0.29) is 21.7 Å². The Kier molecular flexibility index (Phi) is 4.88. The fourth-order valence-corrected chi connectivity index (χ4v) is 5.10. The molecule has 3 aromatic rings. The summed E-state index contributed by atoms with van der Waals surface area (Å²) in [5.41, 5.74) is 2.93. The van der Waals surface area contributed by atoms with Crippen molar-refractivity contribution in [3.63, 3.8) is 0 Å². The number of sulfonamides is 1. The summed E-state index contributed by atoms with van der Waals surface area (Å²) in [7, 11) is -4.14. The molecule has 6 nitrogen and oxygen atoms in total. The van der Waals surface area contributed by atoms with E-state index < -0.39 is 21.8 Å². The number of rotatable bonds is 3. The molecule has 30 heavy (non-hydrogen) atoms. The molecule has 0 aliphatic carbocycles. The van der Waals surface area contributed by atoms with Gasteiger partial charge in [-0.2, -0.15) is 4.31 Å². The highest BCUT2D eigenvalue weighted by Gasteiger charge is 2.42. The summed E-state index contributed by atoms with van der Waals surface area (Å²) in [4.78, 5) is 25.3. The Hall–Kier alpha value is -3.16. The lowest BCUT2D eigenvalue weighted by Gasteiger charge is -2.15. The molecule has 2 amide bonds. The smallest absolute Gasteiger partial charge is 0.273 e. The van der Waals surface area contributed by atoms with E-state index in [1.54, 1.807) is 6.07 Å². The first-order valence-electron chi connectivity index (χ1n) is 9.06. The van der Waals surface area contributed by atoms with Crippen LogP contribution in [0.2, 0.25) is 5.02 Å². The Labute approximate surface area is 179 Å². The minimum atomic E-state index is -4.14. The molecule has 1 aliphatic heterocycles. The molecule has 0 saturated carbocycles. The third kappa shape index (κ3) is 3.36. The van der Waals surface area contributed by atoms with Crippen molar-refractivity contribution in [2.75, 3.05) is 9.62 Å². The summed E-state index contributed by atoms with van der Waals surface area (Å²) >= 11 is 5.86. The standard InChI is InChI=1S/C22H17ClN2O4S/c1-13-3-10-19(14(2)11-13)24-21(26)15-4-9-18-20(12-15)30(28,29)25(22(18)27)17-7-5-16(23)6-8-17/h3-12H,1-2H3,(H,24,26). The number of aryl methyl sites for hydroxylation is 2. The average molecular weight is 441 g/mol. The van der Waals surface area contributed by atoms with E-state index in [1.807, 2.05) is 26.0 Å². The molecule has 0 radical (unpaired) electrons. The van der Waals surface area contributed by atoms with Crippen molar-refractivity contribution in [2.24, 2.45) is 0 Å². The lowest BCUT2D eigenvalue weighted by molar-refractivity contribution is 0.100. The molecule has 4 rings (SSSR count). The van der Waals surface area contributed by atoms with E-state index >= 15 is 0 Å². The van der Waals surface area contributed by atoms with Gasteiger partial charge in [-0.25, -0.2) is 8.42 Å². The largest absolute Gasteiger partial charge is 0.322 e. The van der Waals surface area contributed by atoms with Crippen molar-refractivity contribution in [3.05, 3.63) is 87.9 Å². The maximum Gasteiger partial charge on any atom is 0.273 e. The van der Waals surface area contributed by atoms with Gasteiger partial charge in [0.2, 0.25) is 0 Å². The summed E-state index contributed by atoms with van der Waals surface area (Å²) in [6.45, 7) is 3.83. The molecule has 1 heterocycles. The van der Waals surface area contributed by atoms with Gasteiger partial charge in [-0.3, -0.25) is 9.59 Å². The predicted molar refractivity (Wildman–Crippen MR) is 116 cm³/mol. The highest BCUT2D eigenvalue weighted by atomic mass is 35.5. The molecule has 0 saturated heterocycles. The third-order valence-corrected chi connectivity index (χ3v) is 6.87. The minimum absolute atomic E-state index is 0.0213. The Morgan fingerprint density at radius 1 is 0.967 bits per heavy atom. The van der Waals surface area contributed by atoms with E-state index in [1.165, 1.54) is 42.5 Å². The van der Waals surface area contributed by atoms with Crippen LogP contribution in [0.5, 0.6) is 0 Å². The normalized spacial score (nSPS) is 14.5. The summed E-state index contributed by atoms with van der Waals surface area (Å²) in [5, 5.41) is 3.21. The Bertz CT molecular complexity index is 1300.